The van der Waals surface area contributed by atoms with Gasteiger partial charge in [-0.3, -0.25) is 24.2 Å². The van der Waals surface area contributed by atoms with Crippen molar-refractivity contribution in [3.63, 3.8) is 0 Å². The van der Waals surface area contributed by atoms with Crippen molar-refractivity contribution in [2.24, 2.45) is 29.6 Å². The van der Waals surface area contributed by atoms with Gasteiger partial charge in [0.1, 0.15) is 29.3 Å². The summed E-state index contributed by atoms with van der Waals surface area (Å²) in [6.07, 6.45) is -1.69. The first-order valence-corrected chi connectivity index (χ1v) is 29.5. The van der Waals surface area contributed by atoms with Crippen molar-refractivity contribution in [1.82, 2.24) is 24.6 Å². The number of Topliss-reactive ketones (excluding diaryl/α,β-unsaturated/α-hetero) is 1. The first kappa shape index (κ1) is 63.8. The van der Waals surface area contributed by atoms with Gasteiger partial charge in [0.15, 0.2) is 23.8 Å². The highest BCUT2D eigenvalue weighted by Crippen LogP contribution is 2.50. The number of carbonyl (C=O) groups is 4. The highest BCUT2D eigenvalue weighted by Gasteiger charge is 2.62. The molecular weight excluding hydrogens is 1100 g/mol. The molecule has 24 heteroatoms. The van der Waals surface area contributed by atoms with Crippen LogP contribution in [0, 0.1) is 29.6 Å². The lowest BCUT2D eigenvalue weighted by molar-refractivity contribution is -0.319. The number of thioether (sulfide) groups is 1. The van der Waals surface area contributed by atoms with Crippen LogP contribution >= 0.6 is 35.0 Å². The number of fused-ring (bicyclic) bond motifs is 2. The molecule has 3 aromatic heterocycles. The highest BCUT2D eigenvalue weighted by atomic mass is 35.5. The molecule has 7 rings (SSSR count). The molecule has 1 amide bonds. The summed E-state index contributed by atoms with van der Waals surface area (Å²) in [6, 6.07) is -0.332. The number of aromatic nitrogens is 4. The lowest BCUT2D eigenvalue weighted by Crippen LogP contribution is -2.61. The molecule has 4 aliphatic rings. The van der Waals surface area contributed by atoms with Gasteiger partial charge < -0.3 is 63.6 Å². The van der Waals surface area contributed by atoms with Crippen molar-refractivity contribution in [1.29, 1.82) is 0 Å². The second kappa shape index (κ2) is 26.0. The van der Waals surface area contributed by atoms with Gasteiger partial charge in [-0.15, -0.1) is 11.8 Å². The van der Waals surface area contributed by atoms with E-state index in [1.165, 1.54) is 44.6 Å². The molecule has 80 heavy (non-hydrogen) atoms. The summed E-state index contributed by atoms with van der Waals surface area (Å²) in [7, 11) is 6.80. The Kier molecular flexibility index (Phi) is 20.7. The summed E-state index contributed by atoms with van der Waals surface area (Å²) in [5.74, 6) is -5.91. The van der Waals surface area contributed by atoms with E-state index in [0.29, 0.717) is 29.7 Å². The molecule has 0 saturated carbocycles. The Bertz CT molecular complexity index is 2670. The van der Waals surface area contributed by atoms with Crippen LogP contribution < -0.4 is 10.6 Å². The number of rotatable bonds is 16. The molecule has 0 aliphatic carbocycles. The van der Waals surface area contributed by atoms with E-state index < -0.39 is 119 Å². The van der Waals surface area contributed by atoms with E-state index in [1.807, 2.05) is 60.5 Å². The number of aliphatic hydroxyl groups is 2. The smallest absolute Gasteiger partial charge is 0.320 e. The fourth-order valence-electron chi connectivity index (χ4n) is 12.6. The lowest BCUT2D eigenvalue weighted by atomic mass is 9.70. The third-order valence-corrected chi connectivity index (χ3v) is 19.1. The Morgan fingerprint density at radius 1 is 0.900 bits per heavy atom. The van der Waals surface area contributed by atoms with Gasteiger partial charge in [0.25, 0.3) is 5.91 Å². The van der Waals surface area contributed by atoms with E-state index in [4.69, 9.17) is 61.1 Å². The van der Waals surface area contributed by atoms with Gasteiger partial charge >= 0.3 is 11.9 Å². The Morgan fingerprint density at radius 2 is 1.57 bits per heavy atom. The number of methoxy groups -OCH3 is 2. The molecule has 3 aromatic rings. The summed E-state index contributed by atoms with van der Waals surface area (Å²) >= 11 is 14.1. The number of nitrogens with one attached hydrogen (secondary N) is 2. The van der Waals surface area contributed by atoms with Crippen LogP contribution in [0.5, 0.6) is 0 Å². The number of hydrogen-bond acceptors (Lipinski definition) is 20. The number of esters is 2. The van der Waals surface area contributed by atoms with Crippen LogP contribution in [0.1, 0.15) is 112 Å². The monoisotopic (exact) mass is 1180 g/mol. The molecule has 0 aromatic carbocycles. The van der Waals surface area contributed by atoms with Crippen molar-refractivity contribution in [3.8, 4) is 0 Å². The highest BCUT2D eigenvalue weighted by molar-refractivity contribution is 8.00. The number of ketones is 1. The molecule has 0 radical (unpaired) electrons. The number of likely N-dealkylation sites (N-methyl/N-ethyl adjacent to an activating group) is 1. The maximum atomic E-state index is 15.4. The molecule has 19 atom stereocenters. The Labute approximate surface area is 483 Å². The van der Waals surface area contributed by atoms with E-state index >= 15 is 9.59 Å². The van der Waals surface area contributed by atoms with Gasteiger partial charge in [0.2, 0.25) is 0 Å². The molecule has 4 N–H and O–H groups in total. The molecule has 21 nitrogen and oxygen atoms in total. The van der Waals surface area contributed by atoms with Crippen LogP contribution in [0.15, 0.2) is 24.8 Å². The number of halogens is 2. The number of nitrogens with zero attached hydrogens (tertiary/aromatic N) is 5. The van der Waals surface area contributed by atoms with E-state index in [1.54, 1.807) is 45.5 Å². The zero-order valence-corrected chi connectivity index (χ0v) is 51.0. The molecule has 446 valence electrons. The van der Waals surface area contributed by atoms with E-state index in [9.17, 15) is 19.8 Å². The zero-order valence-electron chi connectivity index (χ0n) is 48.7. The molecule has 4 fully saturated rings. The van der Waals surface area contributed by atoms with Crippen molar-refractivity contribution in [2.45, 2.75) is 192 Å². The largest absolute Gasteiger partial charge is 0.458 e. The number of cyclic esters (lactones) is 1. The topological polar surface area (TPSA) is 253 Å². The number of amides is 1. The summed E-state index contributed by atoms with van der Waals surface area (Å²) in [5, 5.41) is 33.7. The summed E-state index contributed by atoms with van der Waals surface area (Å²) in [5.41, 5.74) is -2.58. The van der Waals surface area contributed by atoms with Crippen LogP contribution in [0.25, 0.3) is 11.0 Å². The number of anilines is 2. The summed E-state index contributed by atoms with van der Waals surface area (Å²) < 4.78 is 53.7. The van der Waals surface area contributed by atoms with Crippen LogP contribution in [-0.2, 0) is 58.8 Å². The quantitative estimate of drug-likeness (QED) is 0.0817. The molecule has 16 unspecified atom stereocenters. The minimum atomic E-state index is -1.50. The molecule has 4 saturated heterocycles. The maximum Gasteiger partial charge on any atom is 0.320 e. The van der Waals surface area contributed by atoms with Crippen LogP contribution in [0.4, 0.5) is 11.4 Å². The lowest BCUT2D eigenvalue weighted by Gasteiger charge is -2.50. The average Bonchev–Trinajstić information content (AvgIpc) is 4.16. The number of carbonyl (C=O) groups excluding carboxylic acids is 4. The van der Waals surface area contributed by atoms with Crippen LogP contribution in [0.2, 0.25) is 10.0 Å². The van der Waals surface area contributed by atoms with E-state index in [0.717, 1.165) is 0 Å². The summed E-state index contributed by atoms with van der Waals surface area (Å²) in [6.45, 7) is 20.6. The molecule has 4 aliphatic heterocycles. The SMILES string of the molecule is CCC1OC(=O)C(C)C(OC2CC(C)(OC)C(O)C(C)O2)C(C)C(O[C@@H]2OC(C)CC(N(C)C)C2O)[C@](C)(OC)CC(C)C(=O)C(C)C2C(SCCNc3c(C(=O)Nc4c(Cl)cncc4Cl)cnc4c3cnn4CC)C(=O)O[C@@]12C. The maximum absolute atomic E-state index is 15.4. The fourth-order valence-corrected chi connectivity index (χ4v) is 14.4. The predicted octanol–water partition coefficient (Wildman–Crippen LogP) is 7.19. The predicted molar refractivity (Wildman–Crippen MR) is 303 cm³/mol. The second-order valence-corrected chi connectivity index (χ2v) is 25.1. The Morgan fingerprint density at radius 3 is 2.20 bits per heavy atom. The van der Waals surface area contributed by atoms with Crippen molar-refractivity contribution in [3.05, 3.63) is 40.4 Å². The Balaban J connectivity index is 1.24. The number of aliphatic hydroxyl groups excluding tert-OH is 2. The van der Waals surface area contributed by atoms with Gasteiger partial charge in [-0.05, 0) is 81.8 Å². The number of pyridine rings is 2. The van der Waals surface area contributed by atoms with Crippen LogP contribution in [-0.4, -0.2) is 183 Å². The Hall–Kier alpha value is -3.78. The first-order chi connectivity index (χ1) is 37.7. The third kappa shape index (κ3) is 12.8. The van der Waals surface area contributed by atoms with Gasteiger partial charge in [0, 0.05) is 87.8 Å². The van der Waals surface area contributed by atoms with E-state index in [-0.39, 0.29) is 70.8 Å². The molecule has 0 spiro atoms. The summed E-state index contributed by atoms with van der Waals surface area (Å²) in [4.78, 5) is 69.5. The minimum Gasteiger partial charge on any atom is -0.458 e. The minimum absolute atomic E-state index is 0.0921. The van der Waals surface area contributed by atoms with Crippen molar-refractivity contribution in [2.75, 3.05) is 51.2 Å². The van der Waals surface area contributed by atoms with Gasteiger partial charge in [-0.2, -0.15) is 5.10 Å². The molecular formula is C56H83Cl2N7O14S. The first-order valence-electron chi connectivity index (χ1n) is 27.7. The molecule has 7 heterocycles. The van der Waals surface area contributed by atoms with Crippen molar-refractivity contribution >= 4 is 81.0 Å². The second-order valence-electron chi connectivity index (χ2n) is 23.0. The zero-order chi connectivity index (χ0) is 58.9. The fraction of sp³-hybridized carbons (Fsp3) is 0.732. The van der Waals surface area contributed by atoms with Gasteiger partial charge in [-0.1, -0.05) is 50.9 Å². The normalized spacial score (nSPS) is 37.5. The van der Waals surface area contributed by atoms with Crippen LogP contribution in [0.3, 0.4) is 0 Å². The van der Waals surface area contributed by atoms with E-state index in [2.05, 4.69) is 25.7 Å². The third-order valence-electron chi connectivity index (χ3n) is 17.3. The molecule has 0 bridgehead atoms. The number of aryl methyl sites for hydroxylation is 1. The van der Waals surface area contributed by atoms with Gasteiger partial charge in [-0.25, -0.2) is 9.67 Å². The number of ether oxygens (including phenoxy) is 8. The average molecular weight is 1180 g/mol. The van der Waals surface area contributed by atoms with Crippen molar-refractivity contribution < 1.29 is 67.3 Å². The standard InChI is InChI=1S/C56H83Cl2N7O14S/c1-16-38-56(11)40(46(52(71)79-56)80-19-18-60-41-33-24-62-65(17-2)49(33)61-23-34(41)50(69)63-42-35(57)25-59-26-36(42)58)29(5)43(66)27(3)21-55(10,73-15)48(78-53-44(67)37(64(12)13)20-28(4)74-53)30(6)45(31(7)51(70)76-38)77-39-22-54(9,72-14)47(68)32(8)75-39/h23-32,37-40,44-48,53,67-68H,16-22H2,1-15H3,(H,60,61)(H,59,63,69)/t27?,28?,29?,30?,31?,32?,37?,38?,39?,40?,44?,45?,46?,47?,48?,53-,54?,55+,56-/m0/s1. The van der Waals surface area contributed by atoms with Gasteiger partial charge in [0.05, 0.1) is 80.1 Å². The number of hydrogen-bond donors (Lipinski definition) is 4.